The Morgan fingerprint density at radius 1 is 1.12 bits per heavy atom. The molecule has 3 nitrogen and oxygen atoms in total. The molecule has 0 bridgehead atoms. The number of nitrogens with zero attached hydrogens (tertiary/aromatic N) is 2. The van der Waals surface area contributed by atoms with Crippen LogP contribution in [-0.2, 0) is 6.54 Å². The van der Waals surface area contributed by atoms with Gasteiger partial charge in [-0.3, -0.25) is 0 Å². The van der Waals surface area contributed by atoms with E-state index in [4.69, 9.17) is 0 Å². The summed E-state index contributed by atoms with van der Waals surface area (Å²) in [5.41, 5.74) is 2.10. The summed E-state index contributed by atoms with van der Waals surface area (Å²) in [5, 5.41) is 3.22. The quantitative estimate of drug-likeness (QED) is 0.846. The van der Waals surface area contributed by atoms with Crippen LogP contribution in [0.5, 0.6) is 0 Å². The lowest BCUT2D eigenvalue weighted by Crippen LogP contribution is -2.14. The van der Waals surface area contributed by atoms with Gasteiger partial charge in [0.2, 0.25) is 0 Å². The second-order valence-corrected chi connectivity index (χ2v) is 3.50. The lowest BCUT2D eigenvalue weighted by Gasteiger charge is -2.03. The van der Waals surface area contributed by atoms with Gasteiger partial charge in [-0.25, -0.2) is 9.97 Å². The van der Waals surface area contributed by atoms with E-state index in [9.17, 15) is 0 Å². The highest BCUT2D eigenvalue weighted by atomic mass is 15.0. The third-order valence-electron chi connectivity index (χ3n) is 2.31. The van der Waals surface area contributed by atoms with E-state index < -0.39 is 0 Å². The predicted molar refractivity (Wildman–Crippen MR) is 64.8 cm³/mol. The smallest absolute Gasteiger partial charge is 0.142 e. The number of aromatic nitrogens is 2. The highest BCUT2D eigenvalue weighted by Crippen LogP contribution is 2.15. The topological polar surface area (TPSA) is 37.8 Å². The number of benzene rings is 1. The average Bonchev–Trinajstić information content (AvgIpc) is 2.38. The van der Waals surface area contributed by atoms with E-state index >= 15 is 0 Å². The standard InChI is InChI=1S/C13H15N3/c1-2-14-10-13-15-9-8-12(16-13)11-6-4-3-5-7-11/h3-9,14H,2,10H2,1H3. The van der Waals surface area contributed by atoms with Gasteiger partial charge >= 0.3 is 0 Å². The first-order chi connectivity index (χ1) is 7.90. The molecule has 3 heteroatoms. The molecule has 82 valence electrons. The highest BCUT2D eigenvalue weighted by molar-refractivity contribution is 5.58. The molecule has 0 atom stereocenters. The molecule has 1 aromatic heterocycles. The van der Waals surface area contributed by atoms with Crippen molar-refractivity contribution in [2.24, 2.45) is 0 Å². The van der Waals surface area contributed by atoms with Crippen molar-refractivity contribution in [1.29, 1.82) is 0 Å². The normalized spacial score (nSPS) is 10.3. The van der Waals surface area contributed by atoms with Crippen molar-refractivity contribution in [3.63, 3.8) is 0 Å². The Labute approximate surface area is 95.6 Å². The SMILES string of the molecule is CCNCc1nccc(-c2ccccc2)n1. The third-order valence-corrected chi connectivity index (χ3v) is 2.31. The van der Waals surface area contributed by atoms with Gasteiger partial charge in [-0.15, -0.1) is 0 Å². The van der Waals surface area contributed by atoms with Gasteiger partial charge in [0.05, 0.1) is 12.2 Å². The van der Waals surface area contributed by atoms with Crippen LogP contribution in [0.4, 0.5) is 0 Å². The van der Waals surface area contributed by atoms with Crippen molar-refractivity contribution in [1.82, 2.24) is 15.3 Å². The van der Waals surface area contributed by atoms with E-state index in [1.807, 2.05) is 30.5 Å². The van der Waals surface area contributed by atoms with Crippen molar-refractivity contribution in [3.8, 4) is 11.3 Å². The van der Waals surface area contributed by atoms with Crippen molar-refractivity contribution in [2.75, 3.05) is 6.54 Å². The fraction of sp³-hybridized carbons (Fsp3) is 0.231. The number of hydrogen-bond acceptors (Lipinski definition) is 3. The summed E-state index contributed by atoms with van der Waals surface area (Å²) >= 11 is 0. The number of nitrogens with one attached hydrogen (secondary N) is 1. The largest absolute Gasteiger partial charge is 0.310 e. The molecule has 1 aromatic carbocycles. The summed E-state index contributed by atoms with van der Waals surface area (Å²) in [6, 6.07) is 12.1. The van der Waals surface area contributed by atoms with Gasteiger partial charge in [0.25, 0.3) is 0 Å². The van der Waals surface area contributed by atoms with Crippen molar-refractivity contribution in [2.45, 2.75) is 13.5 Å². The zero-order valence-electron chi connectivity index (χ0n) is 9.35. The van der Waals surface area contributed by atoms with E-state index in [0.717, 1.165) is 30.2 Å². The first kappa shape index (κ1) is 10.8. The molecule has 0 radical (unpaired) electrons. The van der Waals surface area contributed by atoms with Crippen LogP contribution in [-0.4, -0.2) is 16.5 Å². The minimum absolute atomic E-state index is 0.719. The molecule has 0 aliphatic heterocycles. The molecule has 0 amide bonds. The van der Waals surface area contributed by atoms with Gasteiger partial charge in [0, 0.05) is 11.8 Å². The molecule has 1 heterocycles. The summed E-state index contributed by atoms with van der Waals surface area (Å²) < 4.78 is 0. The van der Waals surface area contributed by atoms with Crippen molar-refractivity contribution < 1.29 is 0 Å². The second-order valence-electron chi connectivity index (χ2n) is 3.50. The summed E-state index contributed by atoms with van der Waals surface area (Å²) in [6.45, 7) is 3.72. The maximum absolute atomic E-state index is 4.51. The van der Waals surface area contributed by atoms with E-state index in [1.54, 1.807) is 0 Å². The maximum Gasteiger partial charge on any atom is 0.142 e. The van der Waals surface area contributed by atoms with Gasteiger partial charge in [0.1, 0.15) is 5.82 Å². The summed E-state index contributed by atoms with van der Waals surface area (Å²) in [5.74, 6) is 0.836. The fourth-order valence-electron chi connectivity index (χ4n) is 1.49. The van der Waals surface area contributed by atoms with Crippen molar-refractivity contribution in [3.05, 3.63) is 48.4 Å². The molecule has 0 aliphatic carbocycles. The average molecular weight is 213 g/mol. The molecular formula is C13H15N3. The fourth-order valence-corrected chi connectivity index (χ4v) is 1.49. The number of hydrogen-bond donors (Lipinski definition) is 1. The monoisotopic (exact) mass is 213 g/mol. The van der Waals surface area contributed by atoms with Crippen LogP contribution in [0.2, 0.25) is 0 Å². The maximum atomic E-state index is 4.51. The highest BCUT2D eigenvalue weighted by Gasteiger charge is 2.00. The molecule has 0 aliphatic rings. The predicted octanol–water partition coefficient (Wildman–Crippen LogP) is 2.25. The number of rotatable bonds is 4. The molecule has 2 rings (SSSR count). The van der Waals surface area contributed by atoms with E-state index in [2.05, 4.69) is 34.3 Å². The zero-order valence-corrected chi connectivity index (χ0v) is 9.35. The summed E-state index contributed by atoms with van der Waals surface area (Å²) in [6.07, 6.45) is 1.81. The van der Waals surface area contributed by atoms with Gasteiger partial charge < -0.3 is 5.32 Å². The van der Waals surface area contributed by atoms with Crippen LogP contribution in [0, 0.1) is 0 Å². The van der Waals surface area contributed by atoms with Gasteiger partial charge in [0.15, 0.2) is 0 Å². The van der Waals surface area contributed by atoms with E-state index in [1.165, 1.54) is 0 Å². The molecule has 0 saturated heterocycles. The Hall–Kier alpha value is -1.74. The Morgan fingerprint density at radius 3 is 2.69 bits per heavy atom. The molecule has 0 saturated carbocycles. The molecule has 0 fully saturated rings. The zero-order chi connectivity index (χ0) is 11.2. The summed E-state index contributed by atoms with van der Waals surface area (Å²) in [7, 11) is 0. The molecule has 0 spiro atoms. The van der Waals surface area contributed by atoms with Gasteiger partial charge in [-0.05, 0) is 12.6 Å². The molecular weight excluding hydrogens is 198 g/mol. The van der Waals surface area contributed by atoms with Crippen LogP contribution in [0.15, 0.2) is 42.6 Å². The first-order valence-corrected chi connectivity index (χ1v) is 5.48. The molecule has 16 heavy (non-hydrogen) atoms. The third kappa shape index (κ3) is 2.64. The molecule has 2 aromatic rings. The minimum atomic E-state index is 0.719. The Balaban J connectivity index is 2.22. The van der Waals surface area contributed by atoms with E-state index in [0.29, 0.717) is 0 Å². The van der Waals surface area contributed by atoms with Crippen LogP contribution >= 0.6 is 0 Å². The lowest BCUT2D eigenvalue weighted by atomic mass is 10.1. The van der Waals surface area contributed by atoms with Crippen LogP contribution in [0.25, 0.3) is 11.3 Å². The van der Waals surface area contributed by atoms with E-state index in [-0.39, 0.29) is 0 Å². The Morgan fingerprint density at radius 2 is 1.94 bits per heavy atom. The second kappa shape index (κ2) is 5.37. The summed E-state index contributed by atoms with van der Waals surface area (Å²) in [4.78, 5) is 8.74. The van der Waals surface area contributed by atoms with Crippen LogP contribution in [0.3, 0.4) is 0 Å². The first-order valence-electron chi connectivity index (χ1n) is 5.48. The lowest BCUT2D eigenvalue weighted by molar-refractivity contribution is 0.691. The molecule has 0 unspecified atom stereocenters. The molecule has 1 N–H and O–H groups in total. The van der Waals surface area contributed by atoms with Crippen LogP contribution < -0.4 is 5.32 Å². The Kier molecular flexibility index (Phi) is 3.62. The minimum Gasteiger partial charge on any atom is -0.310 e. The van der Waals surface area contributed by atoms with Gasteiger partial charge in [-0.2, -0.15) is 0 Å². The van der Waals surface area contributed by atoms with Crippen molar-refractivity contribution >= 4 is 0 Å². The Bertz CT molecular complexity index is 440. The van der Waals surface area contributed by atoms with Gasteiger partial charge in [-0.1, -0.05) is 37.3 Å². The van der Waals surface area contributed by atoms with Crippen LogP contribution in [0.1, 0.15) is 12.7 Å².